The third kappa shape index (κ3) is 4.47. The Morgan fingerprint density at radius 1 is 0.347 bits per heavy atom. The van der Waals surface area contributed by atoms with Crippen molar-refractivity contribution in [3.63, 3.8) is 0 Å². The van der Waals surface area contributed by atoms with E-state index in [-0.39, 0.29) is 62.4 Å². The zero-order valence-electron chi connectivity index (χ0n) is 35.0. The summed E-state index contributed by atoms with van der Waals surface area (Å²) in [6.07, 6.45) is 0. The Bertz CT molecular complexity index is 3300. The van der Waals surface area contributed by atoms with Crippen LogP contribution in [0.3, 0.4) is 0 Å². The highest BCUT2D eigenvalue weighted by Crippen LogP contribution is 2.45. The Hall–Kier alpha value is -6.44. The topological polar surface area (TPSA) is 13.1 Å². The fourth-order valence-electron chi connectivity index (χ4n) is 7.06. The van der Waals surface area contributed by atoms with Gasteiger partial charge in [-0.2, -0.15) is 0 Å². The molecule has 0 amide bonds. The molecule has 0 radical (unpaired) electrons. The molecule has 1 heterocycles. The summed E-state index contributed by atoms with van der Waals surface area (Å²) in [6, 6.07) is 39.3. The molecule has 1 aromatic heterocycles. The average Bonchev–Trinajstić information content (AvgIpc) is 3.67. The zero-order valence-corrected chi connectivity index (χ0v) is 26.0. The van der Waals surface area contributed by atoms with E-state index in [0.717, 1.165) is 54.9 Å². The summed E-state index contributed by atoms with van der Waals surface area (Å²) in [4.78, 5) is 0. The predicted octanol–water partition coefficient (Wildman–Crippen LogP) is 13.7. The lowest BCUT2D eigenvalue weighted by Crippen LogP contribution is -1.91. The first-order chi connectivity index (χ1) is 28.1. The third-order valence-corrected chi connectivity index (χ3v) is 9.37. The fraction of sp³-hybridized carbons (Fsp3) is 0. The molecule has 0 aliphatic heterocycles. The quantitative estimate of drug-likeness (QED) is 0.176. The summed E-state index contributed by atoms with van der Waals surface area (Å²) in [6.45, 7) is 0. The largest absolute Gasteiger partial charge is 0.455 e. The molecule has 0 spiro atoms. The highest BCUT2D eigenvalue weighted by molar-refractivity contribution is 6.22. The number of benzene rings is 9. The van der Waals surface area contributed by atoms with E-state index in [1.165, 1.54) is 0 Å². The summed E-state index contributed by atoms with van der Waals surface area (Å²) in [5.74, 6) is 0. The molecule has 228 valence electrons. The Labute approximate surface area is 297 Å². The lowest BCUT2D eigenvalue weighted by atomic mass is 9.85. The van der Waals surface area contributed by atoms with Crippen LogP contribution in [0.1, 0.15) is 12.3 Å². The van der Waals surface area contributed by atoms with Crippen molar-refractivity contribution in [3.8, 4) is 44.5 Å². The number of rotatable bonds is 4. The summed E-state index contributed by atoms with van der Waals surface area (Å²) < 4.78 is 86.2. The molecule has 49 heavy (non-hydrogen) atoms. The molecule has 0 atom stereocenters. The fourth-order valence-corrected chi connectivity index (χ4v) is 7.06. The van der Waals surface area contributed by atoms with Crippen LogP contribution in [0.15, 0.2) is 186 Å². The average molecular weight is 632 g/mol. The van der Waals surface area contributed by atoms with Crippen molar-refractivity contribution >= 4 is 54.3 Å². The maximum absolute atomic E-state index is 9.74. The first-order valence-electron chi connectivity index (χ1n) is 20.6. The molecule has 1 nitrogen and oxygen atoms in total. The van der Waals surface area contributed by atoms with Gasteiger partial charge in [0.15, 0.2) is 0 Å². The lowest BCUT2D eigenvalue weighted by molar-refractivity contribution is 0.672. The second-order valence-electron chi connectivity index (χ2n) is 12.1. The second kappa shape index (κ2) is 11.1. The monoisotopic (exact) mass is 631 g/mol. The van der Waals surface area contributed by atoms with Gasteiger partial charge in [-0.25, -0.2) is 0 Å². The van der Waals surface area contributed by atoms with Gasteiger partial charge in [-0.3, -0.25) is 0 Å². The van der Waals surface area contributed by atoms with E-state index in [2.05, 4.69) is 60.7 Å². The normalized spacial score (nSPS) is 14.2. The van der Waals surface area contributed by atoms with Crippen molar-refractivity contribution in [1.29, 1.82) is 0 Å². The van der Waals surface area contributed by atoms with Gasteiger partial charge in [-0.1, -0.05) is 164 Å². The molecule has 0 saturated heterocycles. The summed E-state index contributed by atoms with van der Waals surface area (Å²) in [5, 5.41) is 3.06. The second-order valence-corrected chi connectivity index (χ2v) is 12.1. The van der Waals surface area contributed by atoms with Gasteiger partial charge in [-0.15, -0.1) is 0 Å². The molecule has 10 aromatic rings. The van der Waals surface area contributed by atoms with E-state index in [1.807, 2.05) is 66.7 Å². The minimum absolute atomic E-state index is 0.00249. The maximum Gasteiger partial charge on any atom is 0.143 e. The standard InChI is InChI=1S/C48H30O/c1-2-10-31(11-3-1)32-18-20-33(21-19-32)34-22-24-36(25-23-34)46-39-14-6-8-16-41(39)47(42-17-9-7-15-40(42)46)37-27-29-45-44(30-37)43-28-26-35-12-4-5-13-38(35)48(43)49-45/h1-30H/i4D,5D,12D,13D,26D,27D,28D,29D,30D. The van der Waals surface area contributed by atoms with Crippen LogP contribution in [0.25, 0.3) is 98.8 Å². The summed E-state index contributed by atoms with van der Waals surface area (Å²) in [7, 11) is 0. The zero-order chi connectivity index (χ0) is 40.1. The van der Waals surface area contributed by atoms with Crippen LogP contribution in [0.4, 0.5) is 0 Å². The van der Waals surface area contributed by atoms with Crippen molar-refractivity contribution in [1.82, 2.24) is 0 Å². The molecule has 9 aromatic carbocycles. The van der Waals surface area contributed by atoms with Crippen molar-refractivity contribution in [2.75, 3.05) is 0 Å². The van der Waals surface area contributed by atoms with Crippen LogP contribution in [0.2, 0.25) is 0 Å². The Kier molecular flexibility index (Phi) is 4.53. The molecule has 0 aliphatic carbocycles. The van der Waals surface area contributed by atoms with Gasteiger partial charge in [-0.05, 0) is 89.6 Å². The molecule has 1 heteroatoms. The molecular weight excluding hydrogens is 593 g/mol. The molecule has 0 N–H and O–H groups in total. The Morgan fingerprint density at radius 3 is 1.47 bits per heavy atom. The molecule has 0 unspecified atom stereocenters. The molecule has 0 aliphatic rings. The van der Waals surface area contributed by atoms with E-state index in [9.17, 15) is 4.11 Å². The maximum atomic E-state index is 9.74. The van der Waals surface area contributed by atoms with Crippen molar-refractivity contribution < 1.29 is 16.8 Å². The predicted molar refractivity (Wildman–Crippen MR) is 208 cm³/mol. The number of furan rings is 1. The van der Waals surface area contributed by atoms with Crippen LogP contribution in [0, 0.1) is 0 Å². The van der Waals surface area contributed by atoms with E-state index >= 15 is 0 Å². The number of hydrogen-bond acceptors (Lipinski definition) is 1. The molecular formula is C48H30O. The van der Waals surface area contributed by atoms with Gasteiger partial charge in [0, 0.05) is 16.2 Å². The third-order valence-electron chi connectivity index (χ3n) is 9.37. The van der Waals surface area contributed by atoms with Gasteiger partial charge in [0.25, 0.3) is 0 Å². The van der Waals surface area contributed by atoms with Gasteiger partial charge < -0.3 is 4.42 Å². The van der Waals surface area contributed by atoms with E-state index < -0.39 is 30.2 Å². The van der Waals surface area contributed by atoms with Crippen LogP contribution in [-0.4, -0.2) is 0 Å². The van der Waals surface area contributed by atoms with Crippen molar-refractivity contribution in [2.24, 2.45) is 0 Å². The van der Waals surface area contributed by atoms with E-state index in [1.54, 1.807) is 0 Å². The van der Waals surface area contributed by atoms with Gasteiger partial charge in [0.05, 0.1) is 12.3 Å². The minimum Gasteiger partial charge on any atom is -0.455 e. The van der Waals surface area contributed by atoms with Crippen LogP contribution in [0.5, 0.6) is 0 Å². The smallest absolute Gasteiger partial charge is 0.143 e. The first kappa shape index (κ1) is 20.0. The van der Waals surface area contributed by atoms with E-state index in [4.69, 9.17) is 12.6 Å². The highest BCUT2D eigenvalue weighted by atomic mass is 16.3. The Morgan fingerprint density at radius 2 is 0.857 bits per heavy atom. The summed E-state index contributed by atoms with van der Waals surface area (Å²) >= 11 is 0. The van der Waals surface area contributed by atoms with Crippen molar-refractivity contribution in [2.45, 2.75) is 0 Å². The molecule has 10 rings (SSSR count). The summed E-state index contributed by atoms with van der Waals surface area (Å²) in [5.41, 5.74) is 6.91. The van der Waals surface area contributed by atoms with Gasteiger partial charge in [0.1, 0.15) is 11.2 Å². The van der Waals surface area contributed by atoms with E-state index in [0.29, 0.717) is 5.56 Å². The van der Waals surface area contributed by atoms with Crippen LogP contribution < -0.4 is 0 Å². The minimum atomic E-state index is -0.536. The van der Waals surface area contributed by atoms with Crippen LogP contribution in [-0.2, 0) is 0 Å². The highest BCUT2D eigenvalue weighted by Gasteiger charge is 2.18. The number of fused-ring (bicyclic) bond motifs is 7. The number of hydrogen-bond donors (Lipinski definition) is 0. The molecule has 0 bridgehead atoms. The first-order valence-corrected chi connectivity index (χ1v) is 16.1. The Balaban J connectivity index is 1.20. The van der Waals surface area contributed by atoms with Gasteiger partial charge in [0.2, 0.25) is 0 Å². The molecule has 0 saturated carbocycles. The lowest BCUT2D eigenvalue weighted by Gasteiger charge is -2.18. The van der Waals surface area contributed by atoms with Crippen LogP contribution >= 0.6 is 0 Å². The SMILES string of the molecule is [2H]c1c(-c2c3ccccc3c(-c3ccc(-c4ccc(-c5ccccc5)cc4)cc3)c3ccccc23)c([2H])c2c(oc3c4c([2H])c([2H])c([2H])c([2H])c4c([2H])c([2H])c32)c1[2H]. The van der Waals surface area contributed by atoms with Crippen molar-refractivity contribution in [3.05, 3.63) is 182 Å². The van der Waals surface area contributed by atoms with Gasteiger partial charge >= 0.3 is 0 Å². The molecule has 0 fully saturated rings.